The zero-order valence-corrected chi connectivity index (χ0v) is 12.7. The second-order valence-electron chi connectivity index (χ2n) is 3.94. The highest BCUT2D eigenvalue weighted by Gasteiger charge is 2.24. The molecule has 0 bridgehead atoms. The lowest BCUT2D eigenvalue weighted by Crippen LogP contribution is -2.50. The Bertz CT molecular complexity index is 491. The van der Waals surface area contributed by atoms with Crippen molar-refractivity contribution in [2.24, 2.45) is 0 Å². The third-order valence-electron chi connectivity index (χ3n) is 2.50. The molecule has 4 N–H and O–H groups in total. The van der Waals surface area contributed by atoms with Gasteiger partial charge in [-0.1, -0.05) is 11.6 Å². The summed E-state index contributed by atoms with van der Waals surface area (Å²) in [6, 6.07) is 1.91. The van der Waals surface area contributed by atoms with E-state index in [0.717, 1.165) is 11.3 Å². The molecule has 1 unspecified atom stereocenters. The molecule has 0 saturated heterocycles. The standard InChI is InChI=1S/C10H17ClN2O4S2/c1-7(12-4-5-14)8(6-15)13-19(16,17)10-3-2-9(11)18-10/h2-3,7-8,12-15H,4-6H2,1H3/t7?,8-/m1/s1. The van der Waals surface area contributed by atoms with Crippen molar-refractivity contribution in [2.45, 2.75) is 23.2 Å². The Hall–Kier alpha value is -0.220. The molecule has 0 spiro atoms. The maximum absolute atomic E-state index is 12.0. The molecule has 0 fully saturated rings. The van der Waals surface area contributed by atoms with Crippen LogP contribution in [0, 0.1) is 0 Å². The van der Waals surface area contributed by atoms with E-state index in [0.29, 0.717) is 10.9 Å². The highest BCUT2D eigenvalue weighted by molar-refractivity contribution is 7.91. The Balaban J connectivity index is 2.74. The summed E-state index contributed by atoms with van der Waals surface area (Å²) in [5.41, 5.74) is 0. The van der Waals surface area contributed by atoms with Gasteiger partial charge in [-0.3, -0.25) is 0 Å². The fourth-order valence-corrected chi connectivity index (χ4v) is 4.24. The van der Waals surface area contributed by atoms with Crippen LogP contribution in [-0.4, -0.2) is 50.5 Å². The van der Waals surface area contributed by atoms with Gasteiger partial charge in [-0.2, -0.15) is 0 Å². The van der Waals surface area contributed by atoms with Crippen LogP contribution in [0.4, 0.5) is 0 Å². The van der Waals surface area contributed by atoms with Crippen molar-refractivity contribution in [1.29, 1.82) is 0 Å². The monoisotopic (exact) mass is 328 g/mol. The second kappa shape index (κ2) is 7.53. The lowest BCUT2D eigenvalue weighted by molar-refractivity contribution is 0.221. The highest BCUT2D eigenvalue weighted by atomic mass is 35.5. The van der Waals surface area contributed by atoms with E-state index in [1.54, 1.807) is 6.92 Å². The molecular formula is C10H17ClN2O4S2. The molecule has 0 aliphatic rings. The molecule has 1 rings (SSSR count). The number of halogens is 1. The molecule has 0 saturated carbocycles. The third kappa shape index (κ3) is 4.99. The summed E-state index contributed by atoms with van der Waals surface area (Å²) in [7, 11) is -3.70. The molecule has 2 atom stereocenters. The van der Waals surface area contributed by atoms with Crippen molar-refractivity contribution < 1.29 is 18.6 Å². The zero-order valence-electron chi connectivity index (χ0n) is 10.3. The van der Waals surface area contributed by atoms with Gasteiger partial charge in [-0.15, -0.1) is 11.3 Å². The Kier molecular flexibility index (Phi) is 6.67. The average Bonchev–Trinajstić information content (AvgIpc) is 2.80. The molecule has 1 heterocycles. The first-order valence-electron chi connectivity index (χ1n) is 5.63. The Morgan fingerprint density at radius 1 is 1.42 bits per heavy atom. The minimum Gasteiger partial charge on any atom is -0.395 e. The first-order valence-corrected chi connectivity index (χ1v) is 8.31. The molecule has 0 aliphatic carbocycles. The first-order chi connectivity index (χ1) is 8.90. The number of rotatable bonds is 8. The van der Waals surface area contributed by atoms with Crippen LogP contribution in [0.3, 0.4) is 0 Å². The summed E-state index contributed by atoms with van der Waals surface area (Å²) in [5.74, 6) is 0. The lowest BCUT2D eigenvalue weighted by atomic mass is 10.2. The fourth-order valence-electron chi connectivity index (χ4n) is 1.43. The van der Waals surface area contributed by atoms with Crippen molar-refractivity contribution in [1.82, 2.24) is 10.0 Å². The summed E-state index contributed by atoms with van der Waals surface area (Å²) >= 11 is 6.65. The van der Waals surface area contributed by atoms with Crippen molar-refractivity contribution >= 4 is 33.0 Å². The Labute approximate surface area is 121 Å². The molecule has 0 radical (unpaired) electrons. The summed E-state index contributed by atoms with van der Waals surface area (Å²) in [5, 5.41) is 20.9. The molecule has 0 amide bonds. The predicted molar refractivity (Wildman–Crippen MR) is 75.1 cm³/mol. The van der Waals surface area contributed by atoms with E-state index in [4.69, 9.17) is 16.7 Å². The summed E-state index contributed by atoms with van der Waals surface area (Å²) in [4.78, 5) is 0. The van der Waals surface area contributed by atoms with E-state index >= 15 is 0 Å². The van der Waals surface area contributed by atoms with Crippen LogP contribution in [-0.2, 0) is 10.0 Å². The zero-order chi connectivity index (χ0) is 14.5. The highest BCUT2D eigenvalue weighted by Crippen LogP contribution is 2.25. The van der Waals surface area contributed by atoms with Crippen molar-refractivity contribution in [3.8, 4) is 0 Å². The van der Waals surface area contributed by atoms with Gasteiger partial charge in [0.25, 0.3) is 0 Å². The summed E-state index contributed by atoms with van der Waals surface area (Å²) in [6.07, 6.45) is 0. The topological polar surface area (TPSA) is 98.7 Å². The van der Waals surface area contributed by atoms with Gasteiger partial charge in [0.2, 0.25) is 10.0 Å². The number of aliphatic hydroxyl groups is 2. The number of sulfonamides is 1. The van der Waals surface area contributed by atoms with Crippen LogP contribution < -0.4 is 10.0 Å². The van der Waals surface area contributed by atoms with Gasteiger partial charge in [-0.25, -0.2) is 13.1 Å². The fraction of sp³-hybridized carbons (Fsp3) is 0.600. The summed E-state index contributed by atoms with van der Waals surface area (Å²) < 4.78 is 27.0. The van der Waals surface area contributed by atoms with E-state index in [1.807, 2.05) is 0 Å². The van der Waals surface area contributed by atoms with E-state index in [9.17, 15) is 13.5 Å². The quantitative estimate of drug-likeness (QED) is 0.539. The van der Waals surface area contributed by atoms with Gasteiger partial charge in [-0.05, 0) is 19.1 Å². The molecule has 0 aliphatic heterocycles. The Morgan fingerprint density at radius 3 is 2.58 bits per heavy atom. The minimum atomic E-state index is -3.70. The maximum Gasteiger partial charge on any atom is 0.250 e. The van der Waals surface area contributed by atoms with Gasteiger partial charge in [0.1, 0.15) is 4.21 Å². The number of thiophene rings is 1. The van der Waals surface area contributed by atoms with Gasteiger partial charge in [0.15, 0.2) is 0 Å². The van der Waals surface area contributed by atoms with E-state index in [-0.39, 0.29) is 23.5 Å². The van der Waals surface area contributed by atoms with Crippen LogP contribution in [0.5, 0.6) is 0 Å². The van der Waals surface area contributed by atoms with E-state index in [2.05, 4.69) is 10.0 Å². The van der Waals surface area contributed by atoms with Crippen molar-refractivity contribution in [3.05, 3.63) is 16.5 Å². The lowest BCUT2D eigenvalue weighted by Gasteiger charge is -2.23. The van der Waals surface area contributed by atoms with Gasteiger partial charge >= 0.3 is 0 Å². The van der Waals surface area contributed by atoms with E-state index in [1.165, 1.54) is 12.1 Å². The summed E-state index contributed by atoms with van der Waals surface area (Å²) in [6.45, 7) is 1.64. The second-order valence-corrected chi connectivity index (χ2v) is 7.59. The minimum absolute atomic E-state index is 0.0598. The van der Waals surface area contributed by atoms with Gasteiger partial charge in [0.05, 0.1) is 23.6 Å². The van der Waals surface area contributed by atoms with Crippen molar-refractivity contribution in [3.63, 3.8) is 0 Å². The van der Waals surface area contributed by atoms with Crippen molar-refractivity contribution in [2.75, 3.05) is 19.8 Å². The molecule has 19 heavy (non-hydrogen) atoms. The largest absolute Gasteiger partial charge is 0.395 e. The molecule has 1 aromatic rings. The average molecular weight is 329 g/mol. The first kappa shape index (κ1) is 16.8. The number of hydrogen-bond donors (Lipinski definition) is 4. The molecule has 9 heteroatoms. The van der Waals surface area contributed by atoms with Crippen LogP contribution >= 0.6 is 22.9 Å². The Morgan fingerprint density at radius 2 is 2.11 bits per heavy atom. The number of hydrogen-bond acceptors (Lipinski definition) is 6. The van der Waals surface area contributed by atoms with Crippen LogP contribution in [0.25, 0.3) is 0 Å². The molecule has 110 valence electrons. The van der Waals surface area contributed by atoms with Gasteiger partial charge in [0, 0.05) is 12.6 Å². The molecule has 0 aromatic carbocycles. The smallest absolute Gasteiger partial charge is 0.250 e. The molecule has 1 aromatic heterocycles. The molecule has 6 nitrogen and oxygen atoms in total. The normalized spacial score (nSPS) is 15.4. The van der Waals surface area contributed by atoms with Crippen LogP contribution in [0.2, 0.25) is 4.34 Å². The maximum atomic E-state index is 12.0. The molecular weight excluding hydrogens is 312 g/mol. The number of nitrogens with one attached hydrogen (secondary N) is 2. The van der Waals surface area contributed by atoms with Crippen LogP contribution in [0.1, 0.15) is 6.92 Å². The van der Waals surface area contributed by atoms with Gasteiger partial charge < -0.3 is 15.5 Å². The SMILES string of the molecule is CC(NCCO)[C@@H](CO)NS(=O)(=O)c1ccc(Cl)s1. The predicted octanol–water partition coefficient (Wildman–Crippen LogP) is 0.0111. The van der Waals surface area contributed by atoms with E-state index < -0.39 is 16.1 Å². The third-order valence-corrected chi connectivity index (χ3v) is 5.71. The van der Waals surface area contributed by atoms with Crippen LogP contribution in [0.15, 0.2) is 16.3 Å². The number of aliphatic hydroxyl groups excluding tert-OH is 2.